The molecule has 0 fully saturated rings. The van der Waals surface area contributed by atoms with Crippen molar-refractivity contribution in [2.75, 3.05) is 12.4 Å². The minimum absolute atomic E-state index is 0.179. The molecule has 0 bridgehead atoms. The van der Waals surface area contributed by atoms with Crippen LogP contribution in [0.25, 0.3) is 0 Å². The third-order valence-electron chi connectivity index (χ3n) is 3.70. The Kier molecular flexibility index (Phi) is 4.51. The Hall–Kier alpha value is -2.03. The molecule has 0 spiro atoms. The van der Waals surface area contributed by atoms with E-state index in [2.05, 4.69) is 38.2 Å². The zero-order valence-corrected chi connectivity index (χ0v) is 13.3. The standard InChI is InChI=1S/C18H22FNO/c1-11-9-12(2)18(13(3)10-11)20-14(4)17-15(19)7-6-8-16(17)21-5/h6-10,14,20H,1-5H3. The van der Waals surface area contributed by atoms with Crippen LogP contribution < -0.4 is 10.1 Å². The summed E-state index contributed by atoms with van der Waals surface area (Å²) in [6, 6.07) is 8.98. The molecule has 0 aliphatic rings. The lowest BCUT2D eigenvalue weighted by Gasteiger charge is -2.22. The lowest BCUT2D eigenvalue weighted by atomic mass is 10.0. The van der Waals surface area contributed by atoms with Crippen molar-refractivity contribution in [2.45, 2.75) is 33.7 Å². The summed E-state index contributed by atoms with van der Waals surface area (Å²) in [6.45, 7) is 8.15. The predicted molar refractivity (Wildman–Crippen MR) is 85.6 cm³/mol. The molecule has 21 heavy (non-hydrogen) atoms. The molecule has 0 aromatic heterocycles. The van der Waals surface area contributed by atoms with Gasteiger partial charge in [-0.3, -0.25) is 0 Å². The second kappa shape index (κ2) is 6.17. The number of benzene rings is 2. The van der Waals surface area contributed by atoms with Gasteiger partial charge >= 0.3 is 0 Å². The first-order valence-electron chi connectivity index (χ1n) is 7.10. The van der Waals surface area contributed by atoms with Gasteiger partial charge in [-0.25, -0.2) is 4.39 Å². The number of methoxy groups -OCH3 is 1. The van der Waals surface area contributed by atoms with Crippen molar-refractivity contribution in [3.63, 3.8) is 0 Å². The number of ether oxygens (including phenoxy) is 1. The Labute approximate surface area is 126 Å². The highest BCUT2D eigenvalue weighted by atomic mass is 19.1. The number of halogens is 1. The molecule has 3 heteroatoms. The van der Waals surface area contributed by atoms with E-state index in [1.54, 1.807) is 19.2 Å². The molecule has 2 nitrogen and oxygen atoms in total. The fourth-order valence-electron chi connectivity index (χ4n) is 2.81. The van der Waals surface area contributed by atoms with E-state index in [1.807, 2.05) is 6.92 Å². The van der Waals surface area contributed by atoms with Gasteiger partial charge in [0.25, 0.3) is 0 Å². The van der Waals surface area contributed by atoms with Crippen LogP contribution in [-0.4, -0.2) is 7.11 Å². The van der Waals surface area contributed by atoms with Gasteiger partial charge in [-0.2, -0.15) is 0 Å². The van der Waals surface area contributed by atoms with Crippen LogP contribution in [-0.2, 0) is 0 Å². The van der Waals surface area contributed by atoms with Gasteiger partial charge in [0.05, 0.1) is 18.7 Å². The third-order valence-corrected chi connectivity index (χ3v) is 3.70. The number of anilines is 1. The highest BCUT2D eigenvalue weighted by Crippen LogP contribution is 2.32. The van der Waals surface area contributed by atoms with E-state index < -0.39 is 0 Å². The minimum atomic E-state index is -0.253. The number of nitrogens with one attached hydrogen (secondary N) is 1. The average Bonchev–Trinajstić information content (AvgIpc) is 2.42. The average molecular weight is 287 g/mol. The number of hydrogen-bond acceptors (Lipinski definition) is 2. The van der Waals surface area contributed by atoms with Gasteiger partial charge in [0.15, 0.2) is 0 Å². The van der Waals surface area contributed by atoms with Crippen molar-refractivity contribution in [3.8, 4) is 5.75 Å². The van der Waals surface area contributed by atoms with E-state index in [4.69, 9.17) is 4.74 Å². The topological polar surface area (TPSA) is 21.3 Å². The summed E-state index contributed by atoms with van der Waals surface area (Å²) in [5.74, 6) is 0.314. The molecule has 0 aliphatic carbocycles. The quantitative estimate of drug-likeness (QED) is 0.860. The number of aryl methyl sites for hydroxylation is 3. The molecular weight excluding hydrogens is 265 g/mol. The highest BCUT2D eigenvalue weighted by Gasteiger charge is 2.17. The van der Waals surface area contributed by atoms with Gasteiger partial charge in [-0.15, -0.1) is 0 Å². The summed E-state index contributed by atoms with van der Waals surface area (Å²) in [5.41, 5.74) is 5.16. The summed E-state index contributed by atoms with van der Waals surface area (Å²) < 4.78 is 19.4. The van der Waals surface area contributed by atoms with Gasteiger partial charge < -0.3 is 10.1 Å². The molecule has 112 valence electrons. The molecule has 0 saturated heterocycles. The fourth-order valence-corrected chi connectivity index (χ4v) is 2.81. The first-order valence-corrected chi connectivity index (χ1v) is 7.10. The van der Waals surface area contributed by atoms with Crippen LogP contribution in [0.15, 0.2) is 30.3 Å². The minimum Gasteiger partial charge on any atom is -0.496 e. The molecule has 2 aromatic carbocycles. The molecule has 2 aromatic rings. The van der Waals surface area contributed by atoms with Gasteiger partial charge in [0, 0.05) is 5.69 Å². The second-order valence-electron chi connectivity index (χ2n) is 5.50. The smallest absolute Gasteiger partial charge is 0.132 e. The van der Waals surface area contributed by atoms with Crippen LogP contribution in [0.2, 0.25) is 0 Å². The van der Waals surface area contributed by atoms with Crippen LogP contribution in [0.3, 0.4) is 0 Å². The fraction of sp³-hybridized carbons (Fsp3) is 0.333. The lowest BCUT2D eigenvalue weighted by Crippen LogP contribution is -2.12. The Bertz CT molecular complexity index is 629. The van der Waals surface area contributed by atoms with Crippen molar-refractivity contribution >= 4 is 5.69 Å². The first-order chi connectivity index (χ1) is 9.93. The van der Waals surface area contributed by atoms with Crippen molar-refractivity contribution in [3.05, 3.63) is 58.4 Å². The van der Waals surface area contributed by atoms with Gasteiger partial charge in [0.2, 0.25) is 0 Å². The SMILES string of the molecule is COc1cccc(F)c1C(C)Nc1c(C)cc(C)cc1C. The summed E-state index contributed by atoms with van der Waals surface area (Å²) >= 11 is 0. The molecular formula is C18H22FNO. The highest BCUT2D eigenvalue weighted by molar-refractivity contribution is 5.59. The largest absolute Gasteiger partial charge is 0.496 e. The van der Waals surface area contributed by atoms with Crippen LogP contribution >= 0.6 is 0 Å². The van der Waals surface area contributed by atoms with Crippen LogP contribution in [0.4, 0.5) is 10.1 Å². The van der Waals surface area contributed by atoms with Crippen molar-refractivity contribution in [2.24, 2.45) is 0 Å². The van der Waals surface area contributed by atoms with E-state index in [-0.39, 0.29) is 11.9 Å². The monoisotopic (exact) mass is 287 g/mol. The Morgan fingerprint density at radius 1 is 1.10 bits per heavy atom. The van der Waals surface area contributed by atoms with Gasteiger partial charge in [0.1, 0.15) is 11.6 Å². The van der Waals surface area contributed by atoms with E-state index in [0.29, 0.717) is 11.3 Å². The van der Waals surface area contributed by atoms with E-state index in [0.717, 1.165) is 16.8 Å². The molecule has 0 heterocycles. The molecule has 2 rings (SSSR count). The zero-order valence-electron chi connectivity index (χ0n) is 13.3. The van der Waals surface area contributed by atoms with Crippen LogP contribution in [0, 0.1) is 26.6 Å². The van der Waals surface area contributed by atoms with E-state index >= 15 is 0 Å². The normalized spacial score (nSPS) is 12.1. The summed E-state index contributed by atoms with van der Waals surface area (Å²) in [7, 11) is 1.56. The van der Waals surface area contributed by atoms with Crippen LogP contribution in [0.5, 0.6) is 5.75 Å². The molecule has 0 amide bonds. The lowest BCUT2D eigenvalue weighted by molar-refractivity contribution is 0.402. The molecule has 1 unspecified atom stereocenters. The molecule has 0 saturated carbocycles. The Morgan fingerprint density at radius 3 is 2.29 bits per heavy atom. The molecule has 0 aliphatic heterocycles. The summed E-state index contributed by atoms with van der Waals surface area (Å²) in [5, 5.41) is 3.42. The Morgan fingerprint density at radius 2 is 1.71 bits per heavy atom. The summed E-state index contributed by atoms with van der Waals surface area (Å²) in [4.78, 5) is 0. The predicted octanol–water partition coefficient (Wildman–Crippen LogP) is 4.93. The van der Waals surface area contributed by atoms with Crippen molar-refractivity contribution in [1.29, 1.82) is 0 Å². The molecule has 1 atom stereocenters. The van der Waals surface area contributed by atoms with Gasteiger partial charge in [-0.05, 0) is 51.0 Å². The van der Waals surface area contributed by atoms with Crippen molar-refractivity contribution in [1.82, 2.24) is 0 Å². The first kappa shape index (κ1) is 15.4. The number of rotatable bonds is 4. The maximum Gasteiger partial charge on any atom is 0.132 e. The molecule has 0 radical (unpaired) electrons. The van der Waals surface area contributed by atoms with Gasteiger partial charge in [-0.1, -0.05) is 23.8 Å². The third kappa shape index (κ3) is 3.18. The maximum atomic E-state index is 14.1. The van der Waals surface area contributed by atoms with E-state index in [9.17, 15) is 4.39 Å². The zero-order chi connectivity index (χ0) is 15.6. The number of hydrogen-bond donors (Lipinski definition) is 1. The van der Waals surface area contributed by atoms with Crippen LogP contribution in [0.1, 0.15) is 35.2 Å². The second-order valence-corrected chi connectivity index (χ2v) is 5.50. The molecule has 1 N–H and O–H groups in total. The maximum absolute atomic E-state index is 14.1. The summed E-state index contributed by atoms with van der Waals surface area (Å²) in [6.07, 6.45) is 0. The van der Waals surface area contributed by atoms with E-state index in [1.165, 1.54) is 11.6 Å². The van der Waals surface area contributed by atoms with Crippen molar-refractivity contribution < 1.29 is 9.13 Å². The Balaban J connectivity index is 2.37.